The van der Waals surface area contributed by atoms with E-state index in [1.807, 2.05) is 0 Å². The largest absolute Gasteiger partial charge is 0.455 e. The van der Waals surface area contributed by atoms with Crippen molar-refractivity contribution in [3.8, 4) is 0 Å². The van der Waals surface area contributed by atoms with Crippen LogP contribution in [0.25, 0.3) is 0 Å². The Hall–Kier alpha value is -1.30. The van der Waals surface area contributed by atoms with E-state index in [0.717, 1.165) is 44.9 Å². The molecule has 0 spiro atoms. The van der Waals surface area contributed by atoms with Crippen molar-refractivity contribution in [1.29, 1.82) is 0 Å². The number of likely N-dealkylation sites (tertiary alicyclic amines) is 1. The fraction of sp³-hybridized carbons (Fsp3) is 0.842. The Kier molecular flexibility index (Phi) is 4.45. The first-order valence-corrected chi connectivity index (χ1v) is 10.1. The molecule has 2 unspecified atom stereocenters. The second-order valence-electron chi connectivity index (χ2n) is 8.97. The molecular weight excluding hydrogens is 356 g/mol. The molecule has 6 nitrogen and oxygen atoms in total. The number of nitrogens with zero attached hydrogens (tertiary/aromatic N) is 1. The zero-order valence-corrected chi connectivity index (χ0v) is 15.8. The average Bonchev–Trinajstić information content (AvgIpc) is 2.57. The minimum Gasteiger partial charge on any atom is -0.455 e. The van der Waals surface area contributed by atoms with E-state index in [0.29, 0.717) is 31.2 Å². The van der Waals surface area contributed by atoms with Gasteiger partial charge in [0.25, 0.3) is 5.91 Å². The van der Waals surface area contributed by atoms with Crippen molar-refractivity contribution in [1.82, 2.24) is 4.90 Å². The molecule has 0 aromatic carbocycles. The van der Waals surface area contributed by atoms with Crippen LogP contribution in [0.4, 0.5) is 0 Å². The highest BCUT2D eigenvalue weighted by molar-refractivity contribution is 6.24. The third kappa shape index (κ3) is 3.10. The number of ether oxygens (including phenoxy) is 1. The number of piperidine rings is 1. The average molecular weight is 383 g/mol. The molecule has 0 aromatic heterocycles. The van der Waals surface area contributed by atoms with E-state index in [9.17, 15) is 14.4 Å². The summed E-state index contributed by atoms with van der Waals surface area (Å²) in [5.74, 6) is -0.101. The van der Waals surface area contributed by atoms with Gasteiger partial charge in [0.05, 0.1) is 5.41 Å². The second-order valence-corrected chi connectivity index (χ2v) is 9.77. The Labute approximate surface area is 158 Å². The number of amides is 2. The minimum absolute atomic E-state index is 0.267. The number of rotatable bonds is 4. The predicted molar refractivity (Wildman–Crippen MR) is 95.2 cm³/mol. The summed E-state index contributed by atoms with van der Waals surface area (Å²) in [6.45, 7) is 0.180. The monoisotopic (exact) mass is 382 g/mol. The Morgan fingerprint density at radius 3 is 2.42 bits per heavy atom. The number of nitrogens with two attached hydrogens (primary N) is 1. The highest BCUT2D eigenvalue weighted by Gasteiger charge is 2.60. The van der Waals surface area contributed by atoms with Crippen molar-refractivity contribution in [2.45, 2.75) is 68.7 Å². The topological polar surface area (TPSA) is 89.7 Å². The smallest absolute Gasteiger partial charge is 0.312 e. The zero-order valence-electron chi connectivity index (χ0n) is 15.0. The molecule has 2 amide bonds. The maximum atomic E-state index is 12.9. The lowest BCUT2D eigenvalue weighted by molar-refractivity contribution is -0.173. The summed E-state index contributed by atoms with van der Waals surface area (Å²) in [7, 11) is 0. The number of primary amides is 1. The van der Waals surface area contributed by atoms with Crippen LogP contribution in [0.1, 0.15) is 57.8 Å². The molecule has 5 atom stereocenters. The summed E-state index contributed by atoms with van der Waals surface area (Å²) in [5, 5.41) is 0. The van der Waals surface area contributed by atoms with Gasteiger partial charge in [-0.15, -0.1) is 11.6 Å². The fourth-order valence-electron chi connectivity index (χ4n) is 6.28. The SMILES string of the molecule is NC(=O)[C@@H]1CCCCN1C(=O)COC(=O)C12C[C@@H]3C[C@@H](CC(Cl)(C3)C1)C2. The Morgan fingerprint density at radius 1 is 1.12 bits per heavy atom. The Morgan fingerprint density at radius 2 is 1.81 bits per heavy atom. The number of esters is 1. The van der Waals surface area contributed by atoms with Crippen LogP contribution in [0.15, 0.2) is 0 Å². The molecule has 0 radical (unpaired) electrons. The number of hydrogen-bond acceptors (Lipinski definition) is 4. The molecule has 4 saturated carbocycles. The Balaban J connectivity index is 1.39. The summed E-state index contributed by atoms with van der Waals surface area (Å²) >= 11 is 6.77. The predicted octanol–water partition coefficient (Wildman–Crippen LogP) is 1.97. The van der Waals surface area contributed by atoms with Crippen molar-refractivity contribution < 1.29 is 19.1 Å². The molecule has 2 N–H and O–H groups in total. The van der Waals surface area contributed by atoms with Crippen LogP contribution in [0.2, 0.25) is 0 Å². The van der Waals surface area contributed by atoms with E-state index in [1.54, 1.807) is 0 Å². The van der Waals surface area contributed by atoms with Crippen LogP contribution in [-0.2, 0) is 19.1 Å². The first-order valence-electron chi connectivity index (χ1n) is 9.75. The van der Waals surface area contributed by atoms with E-state index >= 15 is 0 Å². The van der Waals surface area contributed by atoms with Crippen LogP contribution in [0.5, 0.6) is 0 Å². The van der Waals surface area contributed by atoms with Crippen LogP contribution < -0.4 is 5.73 Å². The van der Waals surface area contributed by atoms with E-state index < -0.39 is 17.4 Å². The number of alkyl halides is 1. The minimum atomic E-state index is -0.583. The molecule has 26 heavy (non-hydrogen) atoms. The van der Waals surface area contributed by atoms with Crippen LogP contribution in [-0.4, -0.2) is 46.8 Å². The lowest BCUT2D eigenvalue weighted by Gasteiger charge is -2.58. The summed E-state index contributed by atoms with van der Waals surface area (Å²) in [4.78, 5) is 38.2. The number of halogens is 1. The maximum absolute atomic E-state index is 12.9. The first kappa shape index (κ1) is 18.1. The third-order valence-electron chi connectivity index (χ3n) is 6.90. The molecule has 5 fully saturated rings. The van der Waals surface area contributed by atoms with Crippen molar-refractivity contribution in [3.63, 3.8) is 0 Å². The molecule has 4 aliphatic carbocycles. The van der Waals surface area contributed by atoms with E-state index in [4.69, 9.17) is 22.1 Å². The van der Waals surface area contributed by atoms with Gasteiger partial charge in [-0.1, -0.05) is 0 Å². The molecule has 1 heterocycles. The summed E-state index contributed by atoms with van der Waals surface area (Å²) in [6.07, 6.45) is 7.77. The number of hydrogen-bond donors (Lipinski definition) is 1. The number of carbonyl (C=O) groups is 3. The summed E-state index contributed by atoms with van der Waals surface area (Å²) < 4.78 is 5.47. The van der Waals surface area contributed by atoms with Gasteiger partial charge in [-0.3, -0.25) is 14.4 Å². The van der Waals surface area contributed by atoms with Crippen LogP contribution in [0, 0.1) is 17.3 Å². The van der Waals surface area contributed by atoms with Gasteiger partial charge in [0.1, 0.15) is 6.04 Å². The maximum Gasteiger partial charge on any atom is 0.312 e. The van der Waals surface area contributed by atoms with Gasteiger partial charge in [0, 0.05) is 11.4 Å². The number of carbonyl (C=O) groups excluding carboxylic acids is 3. The van der Waals surface area contributed by atoms with Gasteiger partial charge in [-0.25, -0.2) is 0 Å². The second kappa shape index (κ2) is 6.39. The lowest BCUT2D eigenvalue weighted by atomic mass is 9.49. The highest BCUT2D eigenvalue weighted by Crippen LogP contribution is 2.64. The first-order chi connectivity index (χ1) is 12.3. The fourth-order valence-corrected chi connectivity index (χ4v) is 6.97. The lowest BCUT2D eigenvalue weighted by Crippen LogP contribution is -2.57. The van der Waals surface area contributed by atoms with Gasteiger partial charge < -0.3 is 15.4 Å². The molecular formula is C19H27ClN2O4. The van der Waals surface area contributed by atoms with Gasteiger partial charge in [-0.2, -0.15) is 0 Å². The van der Waals surface area contributed by atoms with Crippen molar-refractivity contribution in [2.75, 3.05) is 13.2 Å². The molecule has 144 valence electrons. The quantitative estimate of drug-likeness (QED) is 0.594. The van der Waals surface area contributed by atoms with E-state index in [1.165, 1.54) is 4.90 Å². The molecule has 5 rings (SSSR count). The van der Waals surface area contributed by atoms with Crippen molar-refractivity contribution in [3.05, 3.63) is 0 Å². The van der Waals surface area contributed by atoms with Gasteiger partial charge >= 0.3 is 5.97 Å². The standard InChI is InChI=1S/C19H27ClN2O4/c20-19-8-12-5-13(9-19)7-18(6-12,11-19)17(25)26-10-15(23)22-4-2-1-3-14(22)16(21)24/h12-14H,1-11H2,(H2,21,24)/t12-,13+,14-,18?,19?/m0/s1. The van der Waals surface area contributed by atoms with Crippen LogP contribution in [0.3, 0.4) is 0 Å². The van der Waals surface area contributed by atoms with Gasteiger partial charge in [0.2, 0.25) is 5.91 Å². The van der Waals surface area contributed by atoms with E-state index in [2.05, 4.69) is 0 Å². The molecule has 1 aliphatic heterocycles. The molecule has 1 saturated heterocycles. The molecule has 0 aromatic rings. The summed E-state index contributed by atoms with van der Waals surface area (Å²) in [5.41, 5.74) is 4.90. The summed E-state index contributed by atoms with van der Waals surface area (Å²) in [6, 6.07) is -0.583. The normalized spacial score (nSPS) is 41.1. The van der Waals surface area contributed by atoms with Crippen molar-refractivity contribution in [2.24, 2.45) is 23.0 Å². The third-order valence-corrected chi connectivity index (χ3v) is 7.34. The van der Waals surface area contributed by atoms with E-state index in [-0.39, 0.29) is 23.4 Å². The molecule has 5 aliphatic rings. The molecule has 4 bridgehead atoms. The Bertz CT molecular complexity index is 623. The zero-order chi connectivity index (χ0) is 18.5. The molecule has 7 heteroatoms. The highest BCUT2D eigenvalue weighted by atomic mass is 35.5. The van der Waals surface area contributed by atoms with Crippen molar-refractivity contribution >= 4 is 29.4 Å². The van der Waals surface area contributed by atoms with Crippen LogP contribution >= 0.6 is 11.6 Å². The van der Waals surface area contributed by atoms with Gasteiger partial charge in [0.15, 0.2) is 6.61 Å². The van der Waals surface area contributed by atoms with Gasteiger partial charge in [-0.05, 0) is 69.6 Å².